The summed E-state index contributed by atoms with van der Waals surface area (Å²) >= 11 is 0. The fourth-order valence-corrected chi connectivity index (χ4v) is 2.14. The first kappa shape index (κ1) is 15.3. The molecule has 1 fully saturated rings. The Morgan fingerprint density at radius 3 is 2.71 bits per heavy atom. The van der Waals surface area contributed by atoms with E-state index in [1.165, 1.54) is 0 Å². The van der Waals surface area contributed by atoms with Crippen LogP contribution < -0.4 is 10.1 Å². The maximum atomic E-state index is 11.9. The zero-order chi connectivity index (χ0) is 15.5. The lowest BCUT2D eigenvalue weighted by atomic mass is 9.99. The van der Waals surface area contributed by atoms with Crippen LogP contribution in [0.1, 0.15) is 17.5 Å². The molecule has 0 bridgehead atoms. The first-order valence-corrected chi connectivity index (χ1v) is 6.75. The predicted octanol–water partition coefficient (Wildman–Crippen LogP) is 1.04. The highest BCUT2D eigenvalue weighted by Gasteiger charge is 2.43. The Morgan fingerprint density at radius 1 is 1.38 bits per heavy atom. The molecule has 1 aliphatic heterocycles. The molecule has 114 valence electrons. The number of carboxylic acids is 1. The second-order valence-corrected chi connectivity index (χ2v) is 5.27. The summed E-state index contributed by atoms with van der Waals surface area (Å²) in [6.45, 7) is 4.03. The number of carbonyl (C=O) groups is 2. The van der Waals surface area contributed by atoms with E-state index in [0.717, 1.165) is 11.1 Å². The minimum atomic E-state index is -1.33. The maximum absolute atomic E-state index is 11.9. The molecule has 1 saturated heterocycles. The fraction of sp³-hybridized carbons (Fsp3) is 0.467. The number of hydrogen-bond acceptors (Lipinski definition) is 4. The van der Waals surface area contributed by atoms with Crippen molar-refractivity contribution in [2.75, 3.05) is 19.8 Å². The maximum Gasteiger partial charge on any atom is 0.331 e. The Labute approximate surface area is 123 Å². The van der Waals surface area contributed by atoms with E-state index in [4.69, 9.17) is 9.47 Å². The largest absolute Gasteiger partial charge is 0.484 e. The van der Waals surface area contributed by atoms with Crippen LogP contribution in [0.25, 0.3) is 0 Å². The van der Waals surface area contributed by atoms with Crippen molar-refractivity contribution >= 4 is 11.9 Å². The number of hydrogen-bond donors (Lipinski definition) is 2. The highest BCUT2D eigenvalue weighted by atomic mass is 16.5. The second kappa shape index (κ2) is 6.13. The van der Waals surface area contributed by atoms with Crippen LogP contribution in [0, 0.1) is 13.8 Å². The van der Waals surface area contributed by atoms with Crippen LogP contribution in [-0.2, 0) is 14.3 Å². The van der Waals surface area contributed by atoms with Gasteiger partial charge in [-0.1, -0.05) is 6.07 Å². The van der Waals surface area contributed by atoms with E-state index >= 15 is 0 Å². The number of benzene rings is 1. The van der Waals surface area contributed by atoms with Gasteiger partial charge in [-0.2, -0.15) is 0 Å². The Kier molecular flexibility index (Phi) is 4.47. The van der Waals surface area contributed by atoms with Gasteiger partial charge >= 0.3 is 5.97 Å². The highest BCUT2D eigenvalue weighted by molar-refractivity contribution is 5.88. The van der Waals surface area contributed by atoms with Crippen molar-refractivity contribution in [1.82, 2.24) is 5.32 Å². The van der Waals surface area contributed by atoms with Crippen LogP contribution in [0.4, 0.5) is 0 Å². The van der Waals surface area contributed by atoms with E-state index in [-0.39, 0.29) is 19.6 Å². The minimum absolute atomic E-state index is 0.0162. The molecule has 21 heavy (non-hydrogen) atoms. The molecule has 0 spiro atoms. The van der Waals surface area contributed by atoms with Crippen molar-refractivity contribution in [2.24, 2.45) is 0 Å². The molecular weight excluding hydrogens is 274 g/mol. The summed E-state index contributed by atoms with van der Waals surface area (Å²) in [7, 11) is 0. The molecular formula is C15H19NO5. The van der Waals surface area contributed by atoms with E-state index in [0.29, 0.717) is 12.4 Å². The summed E-state index contributed by atoms with van der Waals surface area (Å²) in [5.41, 5.74) is 0.878. The Hall–Kier alpha value is -2.08. The standard InChI is InChI=1S/C15H19NO5/c1-10-3-4-12(7-11(10)2)21-8-13(17)16-15(14(18)19)5-6-20-9-15/h3-4,7H,5-6,8-9H2,1-2H3,(H,16,17)(H,18,19). The van der Waals surface area contributed by atoms with E-state index < -0.39 is 17.4 Å². The second-order valence-electron chi connectivity index (χ2n) is 5.27. The highest BCUT2D eigenvalue weighted by Crippen LogP contribution is 2.19. The minimum Gasteiger partial charge on any atom is -0.484 e. The zero-order valence-electron chi connectivity index (χ0n) is 12.1. The third-order valence-electron chi connectivity index (χ3n) is 3.66. The van der Waals surface area contributed by atoms with Crippen LogP contribution in [0.15, 0.2) is 18.2 Å². The van der Waals surface area contributed by atoms with Crippen molar-refractivity contribution in [3.05, 3.63) is 29.3 Å². The molecule has 1 aliphatic rings. The molecule has 1 atom stereocenters. The number of amides is 1. The van der Waals surface area contributed by atoms with Crippen LogP contribution in [-0.4, -0.2) is 42.3 Å². The van der Waals surface area contributed by atoms with Gasteiger partial charge in [-0.15, -0.1) is 0 Å². The van der Waals surface area contributed by atoms with Crippen molar-refractivity contribution in [3.8, 4) is 5.75 Å². The van der Waals surface area contributed by atoms with Gasteiger partial charge in [-0.05, 0) is 37.1 Å². The summed E-state index contributed by atoms with van der Waals surface area (Å²) in [6, 6.07) is 5.53. The Balaban J connectivity index is 1.92. The molecule has 1 unspecified atom stereocenters. The molecule has 0 saturated carbocycles. The summed E-state index contributed by atoms with van der Waals surface area (Å²) in [5.74, 6) is -0.971. The molecule has 1 aromatic carbocycles. The average Bonchev–Trinajstić information content (AvgIpc) is 2.90. The van der Waals surface area contributed by atoms with Crippen LogP contribution >= 0.6 is 0 Å². The number of carbonyl (C=O) groups excluding carboxylic acids is 1. The zero-order valence-corrected chi connectivity index (χ0v) is 12.1. The number of ether oxygens (including phenoxy) is 2. The normalized spacial score (nSPS) is 21.0. The van der Waals surface area contributed by atoms with Gasteiger partial charge in [0.25, 0.3) is 5.91 Å². The van der Waals surface area contributed by atoms with Gasteiger partial charge in [0.15, 0.2) is 12.1 Å². The predicted molar refractivity (Wildman–Crippen MR) is 75.4 cm³/mol. The van der Waals surface area contributed by atoms with Gasteiger partial charge in [0.2, 0.25) is 0 Å². The number of carboxylic acid groups (broad SMARTS) is 1. The lowest BCUT2D eigenvalue weighted by Gasteiger charge is -2.23. The molecule has 1 heterocycles. The topological polar surface area (TPSA) is 84.9 Å². The number of rotatable bonds is 5. The fourth-order valence-electron chi connectivity index (χ4n) is 2.14. The van der Waals surface area contributed by atoms with Gasteiger partial charge in [-0.25, -0.2) is 4.79 Å². The molecule has 1 aromatic rings. The smallest absolute Gasteiger partial charge is 0.331 e. The molecule has 2 N–H and O–H groups in total. The molecule has 0 aliphatic carbocycles. The van der Waals surface area contributed by atoms with Crippen LogP contribution in [0.5, 0.6) is 5.75 Å². The van der Waals surface area contributed by atoms with E-state index in [2.05, 4.69) is 5.32 Å². The first-order valence-electron chi connectivity index (χ1n) is 6.75. The first-order chi connectivity index (χ1) is 9.93. The number of aryl methyl sites for hydroxylation is 2. The third-order valence-corrected chi connectivity index (χ3v) is 3.66. The molecule has 1 amide bonds. The van der Waals surface area contributed by atoms with Crippen molar-refractivity contribution in [2.45, 2.75) is 25.8 Å². The third kappa shape index (κ3) is 3.52. The van der Waals surface area contributed by atoms with E-state index in [1.807, 2.05) is 26.0 Å². The molecule has 0 aromatic heterocycles. The summed E-state index contributed by atoms with van der Waals surface area (Å²) in [5, 5.41) is 11.7. The summed E-state index contributed by atoms with van der Waals surface area (Å²) < 4.78 is 10.5. The monoisotopic (exact) mass is 293 g/mol. The Bertz CT molecular complexity index is 549. The molecule has 0 radical (unpaired) electrons. The lowest BCUT2D eigenvalue weighted by Crippen LogP contribution is -2.56. The Morgan fingerprint density at radius 2 is 2.14 bits per heavy atom. The van der Waals surface area contributed by atoms with Gasteiger partial charge < -0.3 is 19.9 Å². The number of nitrogens with one attached hydrogen (secondary N) is 1. The van der Waals surface area contributed by atoms with Gasteiger partial charge in [0.1, 0.15) is 5.75 Å². The van der Waals surface area contributed by atoms with Crippen molar-refractivity contribution in [1.29, 1.82) is 0 Å². The van der Waals surface area contributed by atoms with Crippen LogP contribution in [0.2, 0.25) is 0 Å². The van der Waals surface area contributed by atoms with E-state index in [9.17, 15) is 14.7 Å². The quantitative estimate of drug-likeness (QED) is 0.847. The SMILES string of the molecule is Cc1ccc(OCC(=O)NC2(C(=O)O)CCOC2)cc1C. The van der Waals surface area contributed by atoms with Crippen molar-refractivity contribution < 1.29 is 24.2 Å². The van der Waals surface area contributed by atoms with Crippen LogP contribution in [0.3, 0.4) is 0 Å². The molecule has 6 nitrogen and oxygen atoms in total. The van der Waals surface area contributed by atoms with Gasteiger partial charge in [-0.3, -0.25) is 4.79 Å². The summed E-state index contributed by atoms with van der Waals surface area (Å²) in [4.78, 5) is 23.2. The van der Waals surface area contributed by atoms with Gasteiger partial charge in [0.05, 0.1) is 6.61 Å². The van der Waals surface area contributed by atoms with Gasteiger partial charge in [0, 0.05) is 13.0 Å². The number of aliphatic carboxylic acids is 1. The molecule has 6 heteroatoms. The van der Waals surface area contributed by atoms with Crippen molar-refractivity contribution in [3.63, 3.8) is 0 Å². The summed E-state index contributed by atoms with van der Waals surface area (Å²) in [6.07, 6.45) is 0.262. The molecule has 2 rings (SSSR count). The average molecular weight is 293 g/mol. The lowest BCUT2D eigenvalue weighted by molar-refractivity contribution is -0.148. The van der Waals surface area contributed by atoms with E-state index in [1.54, 1.807) is 6.07 Å².